The van der Waals surface area contributed by atoms with Gasteiger partial charge in [-0.2, -0.15) is 0 Å². The van der Waals surface area contributed by atoms with E-state index in [9.17, 15) is 9.90 Å². The largest absolute Gasteiger partial charge is 0.508 e. The third-order valence-corrected chi connectivity index (χ3v) is 3.83. The minimum absolute atomic E-state index is 0.173. The molecule has 1 heterocycles. The molecule has 1 amide bonds. The summed E-state index contributed by atoms with van der Waals surface area (Å²) in [6, 6.07) is 15.5. The molecule has 4 N–H and O–H groups in total. The minimum Gasteiger partial charge on any atom is -0.508 e. The van der Waals surface area contributed by atoms with Crippen LogP contribution in [0, 0.1) is 0 Å². The second-order valence-electron chi connectivity index (χ2n) is 5.67. The Bertz CT molecular complexity index is 894. The van der Waals surface area contributed by atoms with Crippen LogP contribution in [-0.4, -0.2) is 21.0 Å². The van der Waals surface area contributed by atoms with Crippen molar-refractivity contribution in [2.24, 2.45) is 0 Å². The first-order valence-electron chi connectivity index (χ1n) is 7.81. The maximum Gasteiger partial charge on any atom is 0.251 e. The van der Waals surface area contributed by atoms with Gasteiger partial charge in [-0.15, -0.1) is 0 Å². The fourth-order valence-electron chi connectivity index (χ4n) is 2.48. The number of nitrogens with one attached hydrogen (secondary N) is 1. The lowest BCUT2D eigenvalue weighted by molar-refractivity contribution is 0.0940. The summed E-state index contributed by atoms with van der Waals surface area (Å²) >= 11 is 0. The maximum absolute atomic E-state index is 12.4. The minimum atomic E-state index is -0.221. The number of rotatable bonds is 4. The van der Waals surface area contributed by atoms with Gasteiger partial charge in [0.1, 0.15) is 5.75 Å². The molecule has 6 nitrogen and oxygen atoms in total. The molecule has 0 unspecified atom stereocenters. The second-order valence-corrected chi connectivity index (χ2v) is 5.67. The SMILES string of the molecule is C[C@@H](NC(=O)c1ccc(-c2ccnc(N)n2)cc1)c1cccc(O)c1. The summed E-state index contributed by atoms with van der Waals surface area (Å²) in [5.41, 5.74) is 8.52. The number of carbonyl (C=O) groups excluding carboxylic acids is 1. The van der Waals surface area contributed by atoms with Crippen molar-refractivity contribution in [3.63, 3.8) is 0 Å². The number of nitrogens with two attached hydrogens (primary N) is 1. The van der Waals surface area contributed by atoms with Crippen LogP contribution in [0.25, 0.3) is 11.3 Å². The molecule has 3 rings (SSSR count). The van der Waals surface area contributed by atoms with E-state index < -0.39 is 0 Å². The highest BCUT2D eigenvalue weighted by atomic mass is 16.3. The zero-order chi connectivity index (χ0) is 17.8. The Morgan fingerprint density at radius 1 is 1.16 bits per heavy atom. The Hall–Kier alpha value is -3.41. The topological polar surface area (TPSA) is 101 Å². The highest BCUT2D eigenvalue weighted by Crippen LogP contribution is 2.20. The Labute approximate surface area is 145 Å². The Morgan fingerprint density at radius 3 is 2.60 bits per heavy atom. The van der Waals surface area contributed by atoms with Crippen LogP contribution in [0.4, 0.5) is 5.95 Å². The van der Waals surface area contributed by atoms with E-state index in [0.717, 1.165) is 11.1 Å². The number of hydrogen-bond acceptors (Lipinski definition) is 5. The third kappa shape index (κ3) is 3.92. The molecule has 0 bridgehead atoms. The van der Waals surface area contributed by atoms with Crippen LogP contribution < -0.4 is 11.1 Å². The molecule has 0 aliphatic carbocycles. The zero-order valence-electron chi connectivity index (χ0n) is 13.7. The van der Waals surface area contributed by atoms with Crippen molar-refractivity contribution in [3.05, 3.63) is 71.9 Å². The number of nitrogens with zero attached hydrogens (tertiary/aromatic N) is 2. The number of nitrogen functional groups attached to an aromatic ring is 1. The van der Waals surface area contributed by atoms with Crippen molar-refractivity contribution >= 4 is 11.9 Å². The van der Waals surface area contributed by atoms with Gasteiger partial charge in [0, 0.05) is 17.3 Å². The Balaban J connectivity index is 1.72. The Kier molecular flexibility index (Phi) is 4.61. The molecule has 0 saturated heterocycles. The molecule has 1 aromatic heterocycles. The van der Waals surface area contributed by atoms with Crippen molar-refractivity contribution in [2.45, 2.75) is 13.0 Å². The number of amides is 1. The van der Waals surface area contributed by atoms with Gasteiger partial charge in [0.2, 0.25) is 5.95 Å². The van der Waals surface area contributed by atoms with E-state index in [1.54, 1.807) is 42.6 Å². The molecule has 0 aliphatic rings. The van der Waals surface area contributed by atoms with Gasteiger partial charge in [-0.25, -0.2) is 9.97 Å². The van der Waals surface area contributed by atoms with Crippen molar-refractivity contribution in [1.82, 2.24) is 15.3 Å². The first-order chi connectivity index (χ1) is 12.0. The lowest BCUT2D eigenvalue weighted by Crippen LogP contribution is -2.26. The summed E-state index contributed by atoms with van der Waals surface area (Å²) in [5.74, 6) is 0.191. The fourth-order valence-corrected chi connectivity index (χ4v) is 2.48. The molecule has 0 fully saturated rings. The highest BCUT2D eigenvalue weighted by Gasteiger charge is 2.12. The monoisotopic (exact) mass is 334 g/mol. The zero-order valence-corrected chi connectivity index (χ0v) is 13.7. The van der Waals surface area contributed by atoms with Gasteiger partial charge in [-0.05, 0) is 42.8 Å². The van der Waals surface area contributed by atoms with Crippen LogP contribution >= 0.6 is 0 Å². The van der Waals surface area contributed by atoms with E-state index in [1.165, 1.54) is 0 Å². The lowest BCUT2D eigenvalue weighted by Gasteiger charge is -2.15. The quantitative estimate of drug-likeness (QED) is 0.681. The van der Waals surface area contributed by atoms with Crippen molar-refractivity contribution < 1.29 is 9.90 Å². The molecule has 2 aromatic carbocycles. The molecule has 0 spiro atoms. The second kappa shape index (κ2) is 7.00. The van der Waals surface area contributed by atoms with E-state index in [-0.39, 0.29) is 23.6 Å². The summed E-state index contributed by atoms with van der Waals surface area (Å²) in [6.07, 6.45) is 1.59. The standard InChI is InChI=1S/C19H18N4O2/c1-12(15-3-2-4-16(24)11-15)22-18(25)14-7-5-13(6-8-14)17-9-10-21-19(20)23-17/h2-12,24H,1H3,(H,22,25)(H2,20,21,23)/t12-/m1/s1. The number of anilines is 1. The molecule has 0 aliphatic heterocycles. The highest BCUT2D eigenvalue weighted by molar-refractivity contribution is 5.94. The van der Waals surface area contributed by atoms with E-state index in [4.69, 9.17) is 5.73 Å². The summed E-state index contributed by atoms with van der Waals surface area (Å²) in [7, 11) is 0. The average Bonchev–Trinajstić information content (AvgIpc) is 2.62. The van der Waals surface area contributed by atoms with Gasteiger partial charge < -0.3 is 16.2 Å². The number of aromatic hydroxyl groups is 1. The molecule has 0 radical (unpaired) electrons. The molecule has 6 heteroatoms. The number of phenols is 1. The first-order valence-corrected chi connectivity index (χ1v) is 7.81. The normalized spacial score (nSPS) is 11.7. The van der Waals surface area contributed by atoms with E-state index in [1.807, 2.05) is 25.1 Å². The van der Waals surface area contributed by atoms with Crippen molar-refractivity contribution in [3.8, 4) is 17.0 Å². The van der Waals surface area contributed by atoms with E-state index in [2.05, 4.69) is 15.3 Å². The van der Waals surface area contributed by atoms with Gasteiger partial charge in [0.15, 0.2) is 0 Å². The molecule has 0 saturated carbocycles. The van der Waals surface area contributed by atoms with Gasteiger partial charge in [-0.1, -0.05) is 24.3 Å². The first kappa shape index (κ1) is 16.4. The number of carbonyl (C=O) groups is 1. The van der Waals surface area contributed by atoms with E-state index >= 15 is 0 Å². The summed E-state index contributed by atoms with van der Waals surface area (Å²) in [4.78, 5) is 20.4. The van der Waals surface area contributed by atoms with Crippen molar-refractivity contribution in [1.29, 1.82) is 0 Å². The number of phenolic OH excluding ortho intramolecular Hbond substituents is 1. The number of hydrogen-bond donors (Lipinski definition) is 3. The third-order valence-electron chi connectivity index (χ3n) is 3.83. The molecular weight excluding hydrogens is 316 g/mol. The number of benzene rings is 2. The number of aromatic nitrogens is 2. The van der Waals surface area contributed by atoms with Gasteiger partial charge in [0.05, 0.1) is 11.7 Å². The molecule has 3 aromatic rings. The van der Waals surface area contributed by atoms with Crippen LogP contribution in [0.5, 0.6) is 5.75 Å². The lowest BCUT2D eigenvalue weighted by atomic mass is 10.1. The summed E-state index contributed by atoms with van der Waals surface area (Å²) in [5, 5.41) is 12.5. The van der Waals surface area contributed by atoms with Gasteiger partial charge in [-0.3, -0.25) is 4.79 Å². The van der Waals surface area contributed by atoms with E-state index in [0.29, 0.717) is 11.3 Å². The molecule has 25 heavy (non-hydrogen) atoms. The molecular formula is C19H18N4O2. The van der Waals surface area contributed by atoms with Crippen LogP contribution in [0.15, 0.2) is 60.8 Å². The maximum atomic E-state index is 12.4. The smallest absolute Gasteiger partial charge is 0.251 e. The predicted octanol–water partition coefficient (Wildman–Crippen LogP) is 2.92. The van der Waals surface area contributed by atoms with Crippen LogP contribution in [-0.2, 0) is 0 Å². The fraction of sp³-hybridized carbons (Fsp3) is 0.105. The van der Waals surface area contributed by atoms with Gasteiger partial charge in [0.25, 0.3) is 5.91 Å². The van der Waals surface area contributed by atoms with Crippen LogP contribution in [0.2, 0.25) is 0 Å². The molecule has 1 atom stereocenters. The van der Waals surface area contributed by atoms with Crippen LogP contribution in [0.3, 0.4) is 0 Å². The summed E-state index contributed by atoms with van der Waals surface area (Å²) in [6.45, 7) is 1.87. The Morgan fingerprint density at radius 2 is 1.92 bits per heavy atom. The predicted molar refractivity (Wildman–Crippen MR) is 95.9 cm³/mol. The van der Waals surface area contributed by atoms with Gasteiger partial charge >= 0.3 is 0 Å². The van der Waals surface area contributed by atoms with Crippen LogP contribution in [0.1, 0.15) is 28.9 Å². The van der Waals surface area contributed by atoms with Crippen molar-refractivity contribution in [2.75, 3.05) is 5.73 Å². The molecule has 126 valence electrons. The average molecular weight is 334 g/mol. The summed E-state index contributed by atoms with van der Waals surface area (Å²) < 4.78 is 0.